The number of benzene rings is 7. The summed E-state index contributed by atoms with van der Waals surface area (Å²) in [6.45, 7) is -0.0442. The molecular weight excluding hydrogens is 1860 g/mol. The Balaban J connectivity index is 0.000000314. The molecule has 0 saturated heterocycles. The molecule has 0 atom stereocenters. The summed E-state index contributed by atoms with van der Waals surface area (Å²) >= 11 is 0. The number of pyridine rings is 5. The van der Waals surface area contributed by atoms with Crippen LogP contribution in [0.5, 0.6) is 29.1 Å². The molecule has 49 heteroatoms. The van der Waals surface area contributed by atoms with Crippen LogP contribution in [0.2, 0.25) is 0 Å². The van der Waals surface area contributed by atoms with Gasteiger partial charge in [-0.25, -0.2) is 57.3 Å². The Morgan fingerprint density at radius 1 is 0.309 bits per heavy atom. The van der Waals surface area contributed by atoms with Gasteiger partial charge in [0.05, 0.1) is 44.6 Å². The molecule has 0 unspecified atom stereocenters. The molecular formula is C87H60FN11O36Zn. The molecule has 6 aromatic heterocycles. The summed E-state index contributed by atoms with van der Waals surface area (Å²) in [5.74, 6) is -18.8. The number of halogens is 1. The van der Waals surface area contributed by atoms with Crippen LogP contribution in [0, 0.1) is 26.0 Å². The van der Waals surface area contributed by atoms with Gasteiger partial charge in [0.15, 0.2) is 23.0 Å². The number of ether oxygens (including phenoxy) is 5. The van der Waals surface area contributed by atoms with Gasteiger partial charge < -0.3 is 90.9 Å². The molecule has 0 radical (unpaired) electrons. The largest absolute Gasteiger partial charge is 0.478 e. The van der Waals surface area contributed by atoms with Crippen LogP contribution in [0.25, 0.3) is 55.7 Å². The van der Waals surface area contributed by atoms with E-state index >= 15 is 0 Å². The Morgan fingerprint density at radius 3 is 0.875 bits per heavy atom. The topological polar surface area (TPSA) is 760 Å². The Bertz CT molecular complexity index is 5840. The van der Waals surface area contributed by atoms with Crippen molar-refractivity contribution in [1.82, 2.24) is 39.9 Å². The van der Waals surface area contributed by atoms with Crippen molar-refractivity contribution in [2.45, 2.75) is 0 Å². The quantitative estimate of drug-likeness (QED) is 0.00541. The Morgan fingerprint density at radius 2 is 0.588 bits per heavy atom. The summed E-state index contributed by atoms with van der Waals surface area (Å²) in [5, 5.41) is 113. The van der Waals surface area contributed by atoms with Crippen LogP contribution >= 0.6 is 0 Å². The van der Waals surface area contributed by atoms with Gasteiger partial charge >= 0.3 is 72.2 Å². The van der Waals surface area contributed by atoms with Gasteiger partial charge in [-0.05, 0) is 175 Å². The van der Waals surface area contributed by atoms with Gasteiger partial charge in [-0.1, -0.05) is 97.1 Å². The van der Waals surface area contributed by atoms with Gasteiger partial charge in [0, 0.05) is 75.1 Å². The van der Waals surface area contributed by atoms with Crippen LogP contribution in [0.4, 0.5) is 10.1 Å². The fourth-order valence-electron chi connectivity index (χ4n) is 11.0. The van der Waals surface area contributed by atoms with E-state index in [1.807, 2.05) is 98.1 Å². The van der Waals surface area contributed by atoms with Gasteiger partial charge in [0.2, 0.25) is 17.5 Å². The number of aromatic nitrogens is 8. The minimum atomic E-state index is -1.66. The molecule has 0 spiro atoms. The summed E-state index contributed by atoms with van der Waals surface area (Å²) in [6.07, 6.45) is 14.7. The number of hydrogen-bond acceptors (Lipinski definition) is 33. The number of hydrogen-bond donors (Lipinski definition) is 13. The van der Waals surface area contributed by atoms with E-state index in [1.165, 1.54) is 0 Å². The standard InChI is InChI=1S/C46H32N4.C9H5FO6.C9H7NO6.C9H6O6.C8H5NO6.C6H3N3O6.2HNO3.Zn/c1-9-41(10-2-33(1)37-17-25-47-26-18-37)45(42-11-3-34(4-12-42)38-19-27-48-28-20-38)46(43-13-5-35(6-14-43)39-21-29-49-30-22-39)44-15-7-36(8-16-44)40-23-31-50-32-24-40;2*10-7-5(9(14)15)1-4(8(12)13)2-6(7)16-3-11;10-4-15-7-2-5(8(11)12)1-6(3-7)9(13)14;10-3-15-6-2-4(7(11)12)1-5(9-6)8(13)14;10-1-15-6-8-2(4(11)12)7-3(9-6)5(13)14;2*2-1(3)4;/h1-32H;1-3H,(H,12,13)(H,14,15);1-3H,10H2,(H,12,13)(H,14,15);1-4H,(H,11,12)(H,13,14);1-3H,(H,11,12)(H,13,14);1H,(H,11,12)(H,13,14);2*(H,2,3,4);. The molecule has 136 heavy (non-hydrogen) atoms. The third kappa shape index (κ3) is 32.6. The summed E-state index contributed by atoms with van der Waals surface area (Å²) < 4.78 is 34.6. The smallest absolute Gasteiger partial charge is 0.374 e. The number of carboxylic acid groups (broad SMARTS) is 10. The number of carbonyl (C=O) groups excluding carboxylic acids is 5. The predicted octanol–water partition coefficient (Wildman–Crippen LogP) is 10.6. The molecule has 14 N–H and O–H groups in total. The predicted molar refractivity (Wildman–Crippen MR) is 452 cm³/mol. The first-order valence-electron chi connectivity index (χ1n) is 36.3. The van der Waals surface area contributed by atoms with Crippen molar-refractivity contribution in [2.24, 2.45) is 0 Å². The molecule has 6 heterocycles. The van der Waals surface area contributed by atoms with E-state index < -0.39 is 121 Å². The number of aromatic carboxylic acids is 10. The Hall–Kier alpha value is -20.2. The minimum Gasteiger partial charge on any atom is -0.478 e. The fraction of sp³-hybridized carbons (Fsp3) is 0. The Labute approximate surface area is 770 Å². The van der Waals surface area contributed by atoms with E-state index in [0.717, 1.165) is 126 Å². The monoisotopic (exact) mass is 1920 g/mol. The third-order valence-corrected chi connectivity index (χ3v) is 16.7. The summed E-state index contributed by atoms with van der Waals surface area (Å²) in [4.78, 5) is 202. The maximum Gasteiger partial charge on any atom is 0.374 e. The van der Waals surface area contributed by atoms with Gasteiger partial charge in [-0.3, -0.25) is 43.9 Å². The van der Waals surface area contributed by atoms with Crippen LogP contribution in [-0.2, 0) is 43.5 Å². The van der Waals surface area contributed by atoms with E-state index in [0.29, 0.717) is 6.07 Å². The van der Waals surface area contributed by atoms with Crippen molar-refractivity contribution in [3.05, 3.63) is 354 Å². The number of anilines is 1. The fourth-order valence-corrected chi connectivity index (χ4v) is 11.0. The van der Waals surface area contributed by atoms with E-state index in [1.54, 1.807) is 0 Å². The molecule has 47 nitrogen and oxygen atoms in total. The maximum absolute atomic E-state index is 13.3. The van der Waals surface area contributed by atoms with Crippen molar-refractivity contribution < 1.29 is 191 Å². The number of nitrogens with zero attached hydrogens (tertiary/aromatic N) is 10. The molecule has 0 amide bonds. The molecule has 0 aliphatic rings. The van der Waals surface area contributed by atoms with E-state index in [9.17, 15) is 76.3 Å². The zero-order valence-corrected chi connectivity index (χ0v) is 71.3. The van der Waals surface area contributed by atoms with Crippen LogP contribution < -0.4 is 29.4 Å². The molecule has 0 aliphatic heterocycles. The zero-order valence-electron chi connectivity index (χ0n) is 68.4. The maximum atomic E-state index is 13.3. The average molecular weight is 1920 g/mol. The number of carbonyl (C=O) groups is 15. The number of carboxylic acids is 10. The van der Waals surface area contributed by atoms with Gasteiger partial charge in [-0.2, -0.15) is 15.0 Å². The first-order valence-corrected chi connectivity index (χ1v) is 36.3. The Kier molecular flexibility index (Phi) is 41.3. The second-order valence-corrected chi connectivity index (χ2v) is 25.0. The molecule has 0 fully saturated rings. The third-order valence-electron chi connectivity index (χ3n) is 16.7. The first-order chi connectivity index (χ1) is 64.3. The number of nitrogens with two attached hydrogens (primary N) is 1. The first kappa shape index (κ1) is 106. The number of nitrogen functional groups attached to an aromatic ring is 1. The zero-order chi connectivity index (χ0) is 99.5. The van der Waals surface area contributed by atoms with E-state index in [4.69, 9.17) is 87.4 Å². The van der Waals surface area contributed by atoms with Crippen molar-refractivity contribution in [1.29, 1.82) is 0 Å². The van der Waals surface area contributed by atoms with Crippen molar-refractivity contribution in [3.63, 3.8) is 0 Å². The number of rotatable bonds is 28. The van der Waals surface area contributed by atoms with Crippen molar-refractivity contribution in [2.75, 3.05) is 5.73 Å². The summed E-state index contributed by atoms with van der Waals surface area (Å²) in [6, 6.07) is 59.3. The van der Waals surface area contributed by atoms with E-state index in [-0.39, 0.29) is 97.2 Å². The van der Waals surface area contributed by atoms with Crippen molar-refractivity contribution >= 4 is 109 Å². The van der Waals surface area contributed by atoms with Crippen LogP contribution in [0.15, 0.2) is 250 Å². The molecule has 0 saturated carbocycles. The SMILES string of the molecule is Nc1c(OC=O)cc(C(=O)O)cc1C(=O)O.O=COc1cc(C(=O)O)cc(C(=O)O)c1.O=COc1cc(C(=O)O)cc(C(=O)O)c1F.O=COc1cc(C(=O)O)cc(C(=O)O)n1.O=COc1nc(C(=O)O)nc(C(=O)O)n1.O=[N+]([O-])O.O=[N+]([O-])O.[Zn].c1cc(-c2ccc(C(=C(c3ccc(-c4ccncc4)cc3)c3ccc(-c4ccncc4)cc3)c3ccc(-c4ccncc4)cc3)cc2)ccn1. The van der Waals surface area contributed by atoms with Gasteiger partial charge in [-0.15, -0.1) is 20.2 Å². The van der Waals surface area contributed by atoms with Crippen molar-refractivity contribution in [3.8, 4) is 73.6 Å². The van der Waals surface area contributed by atoms with Gasteiger partial charge in [0.25, 0.3) is 36.1 Å². The molecule has 13 aromatic rings. The van der Waals surface area contributed by atoms with E-state index in [2.05, 4.69) is 161 Å². The molecule has 0 bridgehead atoms. The summed E-state index contributed by atoms with van der Waals surface area (Å²) in [7, 11) is 0. The second kappa shape index (κ2) is 52.8. The minimum absolute atomic E-state index is 0. The van der Waals surface area contributed by atoms with Crippen LogP contribution in [-0.4, -0.2) is 204 Å². The average Bonchev–Trinajstić information content (AvgIpc) is 0.769. The normalized spacial score (nSPS) is 9.65. The van der Waals surface area contributed by atoms with Crippen LogP contribution in [0.1, 0.15) is 126 Å². The van der Waals surface area contributed by atoms with Gasteiger partial charge in [0.1, 0.15) is 5.75 Å². The molecule has 13 rings (SSSR count). The molecule has 7 aromatic carbocycles. The molecule has 0 aliphatic carbocycles. The summed E-state index contributed by atoms with van der Waals surface area (Å²) in [5.41, 5.74) is 17.6. The molecule has 688 valence electrons. The van der Waals surface area contributed by atoms with Crippen LogP contribution in [0.3, 0.4) is 0 Å². The second-order valence-electron chi connectivity index (χ2n) is 25.0.